The Labute approximate surface area is 125 Å². The molecule has 0 saturated heterocycles. The molecule has 0 aliphatic carbocycles. The zero-order valence-corrected chi connectivity index (χ0v) is 12.4. The van der Waals surface area contributed by atoms with Gasteiger partial charge < -0.3 is 10.4 Å². The van der Waals surface area contributed by atoms with Crippen molar-refractivity contribution in [3.8, 4) is 0 Å². The van der Waals surface area contributed by atoms with Crippen LogP contribution in [0.4, 0.5) is 5.69 Å². The van der Waals surface area contributed by atoms with E-state index >= 15 is 0 Å². The smallest absolute Gasteiger partial charge is 0.271 e. The summed E-state index contributed by atoms with van der Waals surface area (Å²) in [5.41, 5.74) is -0.417. The molecule has 1 unspecified atom stereocenters. The highest BCUT2D eigenvalue weighted by Gasteiger charge is 2.22. The van der Waals surface area contributed by atoms with Gasteiger partial charge in [0, 0.05) is 12.1 Å². The van der Waals surface area contributed by atoms with Gasteiger partial charge in [0.25, 0.3) is 11.6 Å². The lowest BCUT2D eigenvalue weighted by molar-refractivity contribution is -0.384. The van der Waals surface area contributed by atoms with Crippen molar-refractivity contribution in [2.24, 2.45) is 5.92 Å². The van der Waals surface area contributed by atoms with Gasteiger partial charge in [0.2, 0.25) is 0 Å². The number of amides is 1. The Morgan fingerprint density at radius 3 is 2.50 bits per heavy atom. The quantitative estimate of drug-likeness (QED) is 0.644. The van der Waals surface area contributed by atoms with Crippen LogP contribution < -0.4 is 5.32 Å². The molecule has 20 heavy (non-hydrogen) atoms. The maximum absolute atomic E-state index is 12.1. The van der Waals surface area contributed by atoms with Gasteiger partial charge in [-0.3, -0.25) is 14.9 Å². The minimum atomic E-state index is -0.662. The number of carbonyl (C=O) groups is 1. The lowest BCUT2D eigenvalue weighted by atomic mass is 10.0. The van der Waals surface area contributed by atoms with Crippen molar-refractivity contribution in [2.45, 2.75) is 19.9 Å². The van der Waals surface area contributed by atoms with E-state index in [0.717, 1.165) is 12.1 Å². The lowest BCUT2D eigenvalue weighted by Crippen LogP contribution is -2.41. The first-order valence-corrected chi connectivity index (χ1v) is 6.58. The molecule has 1 rings (SSSR count). The highest BCUT2D eigenvalue weighted by atomic mass is 35.5. The van der Waals surface area contributed by atoms with Gasteiger partial charge in [0.1, 0.15) is 0 Å². The van der Waals surface area contributed by atoms with E-state index in [1.165, 1.54) is 0 Å². The van der Waals surface area contributed by atoms with Crippen molar-refractivity contribution in [3.63, 3.8) is 0 Å². The predicted octanol–water partition coefficient (Wildman–Crippen LogP) is 2.65. The number of nitrogens with one attached hydrogen (secondary N) is 1. The second kappa shape index (κ2) is 6.88. The number of nitro groups is 1. The summed E-state index contributed by atoms with van der Waals surface area (Å²) in [6.07, 6.45) is 0. The summed E-state index contributed by atoms with van der Waals surface area (Å²) in [5.74, 6) is -0.620. The fraction of sp³-hybridized carbons (Fsp3) is 0.417. The van der Waals surface area contributed by atoms with Crippen molar-refractivity contribution >= 4 is 34.8 Å². The van der Waals surface area contributed by atoms with E-state index in [1.807, 2.05) is 13.8 Å². The number of carbonyl (C=O) groups excluding carboxylic acids is 1. The second-order valence-electron chi connectivity index (χ2n) is 4.55. The summed E-state index contributed by atoms with van der Waals surface area (Å²) in [6, 6.07) is 1.65. The van der Waals surface area contributed by atoms with E-state index in [9.17, 15) is 20.0 Å². The average molecular weight is 321 g/mol. The van der Waals surface area contributed by atoms with E-state index < -0.39 is 16.9 Å². The standard InChI is InChI=1S/C12H14Cl2N2O4/c1-6(2)10(5-17)15-12(18)8-3-7(16(19)20)4-9(13)11(8)14/h3-4,6,10,17H,5H2,1-2H3,(H,15,18). The van der Waals surface area contributed by atoms with Crippen LogP contribution >= 0.6 is 23.2 Å². The maximum atomic E-state index is 12.1. The Bertz CT molecular complexity index is 534. The third-order valence-corrected chi connectivity index (χ3v) is 3.59. The Morgan fingerprint density at radius 1 is 1.45 bits per heavy atom. The lowest BCUT2D eigenvalue weighted by Gasteiger charge is -2.20. The predicted molar refractivity (Wildman–Crippen MR) is 76.3 cm³/mol. The SMILES string of the molecule is CC(C)C(CO)NC(=O)c1cc([N+](=O)[O-])cc(Cl)c1Cl. The number of benzene rings is 1. The van der Waals surface area contributed by atoms with Gasteiger partial charge in [0.05, 0.1) is 33.2 Å². The molecule has 0 saturated carbocycles. The van der Waals surface area contributed by atoms with Crippen LogP contribution in [0.1, 0.15) is 24.2 Å². The molecule has 0 aromatic heterocycles. The molecule has 0 fully saturated rings. The fourth-order valence-electron chi connectivity index (χ4n) is 1.51. The first kappa shape index (κ1) is 16.7. The molecule has 2 N–H and O–H groups in total. The van der Waals surface area contributed by atoms with Gasteiger partial charge in [-0.1, -0.05) is 37.0 Å². The normalized spacial score (nSPS) is 12.3. The molecule has 0 aliphatic rings. The van der Waals surface area contributed by atoms with Crippen molar-refractivity contribution < 1.29 is 14.8 Å². The van der Waals surface area contributed by atoms with E-state index in [2.05, 4.69) is 5.32 Å². The molecule has 1 aromatic carbocycles. The third-order valence-electron chi connectivity index (χ3n) is 2.79. The van der Waals surface area contributed by atoms with Gasteiger partial charge in [-0.2, -0.15) is 0 Å². The van der Waals surface area contributed by atoms with E-state index in [1.54, 1.807) is 0 Å². The number of hydrogen-bond donors (Lipinski definition) is 2. The zero-order valence-electron chi connectivity index (χ0n) is 10.9. The minimum absolute atomic E-state index is 0.00287. The first-order valence-electron chi connectivity index (χ1n) is 5.83. The molecule has 1 aromatic rings. The summed E-state index contributed by atoms with van der Waals surface area (Å²) in [5, 5.41) is 22.4. The molecular formula is C12H14Cl2N2O4. The van der Waals surface area contributed by atoms with Gasteiger partial charge >= 0.3 is 0 Å². The molecule has 0 bridgehead atoms. The van der Waals surface area contributed by atoms with E-state index in [4.69, 9.17) is 23.2 Å². The largest absolute Gasteiger partial charge is 0.394 e. The number of aliphatic hydroxyl groups is 1. The summed E-state index contributed by atoms with van der Waals surface area (Å²) in [4.78, 5) is 22.2. The molecule has 0 aliphatic heterocycles. The van der Waals surface area contributed by atoms with Crippen LogP contribution in [0.5, 0.6) is 0 Å². The van der Waals surface area contributed by atoms with Crippen molar-refractivity contribution in [1.82, 2.24) is 5.32 Å². The summed E-state index contributed by atoms with van der Waals surface area (Å²) >= 11 is 11.7. The Hall–Kier alpha value is -1.37. The molecule has 6 nitrogen and oxygen atoms in total. The number of rotatable bonds is 5. The van der Waals surface area contributed by atoms with Crippen LogP contribution in [0.25, 0.3) is 0 Å². The van der Waals surface area contributed by atoms with Crippen molar-refractivity contribution in [2.75, 3.05) is 6.61 Å². The molecule has 1 atom stereocenters. The molecule has 8 heteroatoms. The third kappa shape index (κ3) is 3.82. The highest BCUT2D eigenvalue weighted by Crippen LogP contribution is 2.30. The zero-order chi connectivity index (χ0) is 15.4. The van der Waals surface area contributed by atoms with Gasteiger partial charge in [0.15, 0.2) is 0 Å². The monoisotopic (exact) mass is 320 g/mol. The summed E-state index contributed by atoms with van der Waals surface area (Å²) in [6.45, 7) is 3.40. The Kier molecular flexibility index (Phi) is 5.74. The first-order chi connectivity index (χ1) is 9.27. The number of aliphatic hydroxyl groups excluding tert-OH is 1. The molecule has 0 heterocycles. The molecule has 110 valence electrons. The Balaban J connectivity index is 3.12. The molecule has 0 radical (unpaired) electrons. The van der Waals surface area contributed by atoms with Crippen LogP contribution in [-0.2, 0) is 0 Å². The van der Waals surface area contributed by atoms with Gasteiger partial charge in [-0.25, -0.2) is 0 Å². The number of nitro benzene ring substituents is 1. The minimum Gasteiger partial charge on any atom is -0.394 e. The molecular weight excluding hydrogens is 307 g/mol. The second-order valence-corrected chi connectivity index (χ2v) is 5.34. The van der Waals surface area contributed by atoms with Crippen LogP contribution in [0, 0.1) is 16.0 Å². The molecule has 0 spiro atoms. The summed E-state index contributed by atoms with van der Waals surface area (Å²) in [7, 11) is 0. The number of hydrogen-bond acceptors (Lipinski definition) is 4. The molecule has 1 amide bonds. The Morgan fingerprint density at radius 2 is 2.05 bits per heavy atom. The van der Waals surface area contributed by atoms with Gasteiger partial charge in [-0.15, -0.1) is 0 Å². The number of nitrogens with zero attached hydrogens (tertiary/aromatic N) is 1. The van der Waals surface area contributed by atoms with E-state index in [-0.39, 0.29) is 33.8 Å². The summed E-state index contributed by atoms with van der Waals surface area (Å²) < 4.78 is 0. The average Bonchev–Trinajstić information content (AvgIpc) is 2.37. The van der Waals surface area contributed by atoms with Crippen molar-refractivity contribution in [3.05, 3.63) is 37.9 Å². The number of non-ortho nitro benzene ring substituents is 1. The van der Waals surface area contributed by atoms with Crippen LogP contribution in [-0.4, -0.2) is 28.6 Å². The highest BCUT2D eigenvalue weighted by molar-refractivity contribution is 6.44. The fourth-order valence-corrected chi connectivity index (χ4v) is 1.92. The van der Waals surface area contributed by atoms with Gasteiger partial charge in [-0.05, 0) is 5.92 Å². The van der Waals surface area contributed by atoms with Crippen LogP contribution in [0.3, 0.4) is 0 Å². The van der Waals surface area contributed by atoms with E-state index in [0.29, 0.717) is 0 Å². The maximum Gasteiger partial charge on any atom is 0.271 e. The number of halogens is 2. The van der Waals surface area contributed by atoms with Crippen molar-refractivity contribution in [1.29, 1.82) is 0 Å². The topological polar surface area (TPSA) is 92.5 Å². The van der Waals surface area contributed by atoms with Crippen LogP contribution in [0.15, 0.2) is 12.1 Å². The van der Waals surface area contributed by atoms with Crippen LogP contribution in [0.2, 0.25) is 10.0 Å².